The Morgan fingerprint density at radius 1 is 1.09 bits per heavy atom. The zero-order valence-electron chi connectivity index (χ0n) is 12.8. The molecule has 0 saturated carbocycles. The number of amides is 1. The summed E-state index contributed by atoms with van der Waals surface area (Å²) in [5, 5.41) is 3.04. The summed E-state index contributed by atoms with van der Waals surface area (Å²) in [6, 6.07) is 16.2. The summed E-state index contributed by atoms with van der Waals surface area (Å²) in [5.74, 6) is -0.354. The molecule has 0 fully saturated rings. The maximum Gasteiger partial charge on any atom is 0.259 e. The topological polar surface area (TPSA) is 62.2 Å². The summed E-state index contributed by atoms with van der Waals surface area (Å²) < 4.78 is 5.14. The summed E-state index contributed by atoms with van der Waals surface area (Å²) in [6.07, 6.45) is 0. The monoisotopic (exact) mass is 311 g/mol. The first-order valence-corrected chi connectivity index (χ1v) is 7.30. The molecule has 1 heterocycles. The first kappa shape index (κ1) is 15.2. The number of carbonyl (C=O) groups is 1. The van der Waals surface area contributed by atoms with E-state index in [4.69, 9.17) is 4.74 Å². The van der Waals surface area contributed by atoms with Gasteiger partial charge in [-0.1, -0.05) is 35.5 Å². The summed E-state index contributed by atoms with van der Waals surface area (Å²) >= 11 is 0. The highest BCUT2D eigenvalue weighted by Gasteiger charge is 2.35. The number of fused-ring (bicyclic) bond motifs is 1. The largest absolute Gasteiger partial charge is 0.364 e. The molecule has 2 aromatic rings. The Morgan fingerprint density at radius 3 is 2.39 bits per heavy atom. The molecule has 0 aliphatic carbocycles. The molecular formula is C17H17N3O3. The minimum absolute atomic E-state index is 0.0739. The number of methoxy groups -OCH3 is 1. The lowest BCUT2D eigenvalue weighted by molar-refractivity contribution is -0.120. The Morgan fingerprint density at radius 2 is 1.74 bits per heavy atom. The average Bonchev–Trinajstić information content (AvgIpc) is 2.72. The molecule has 0 N–H and O–H groups in total. The minimum atomic E-state index is -0.988. The Bertz CT molecular complexity index is 705. The van der Waals surface area contributed by atoms with Crippen LogP contribution in [-0.2, 0) is 9.53 Å². The van der Waals surface area contributed by atoms with E-state index in [2.05, 4.69) is 5.18 Å². The molecule has 1 aliphatic rings. The van der Waals surface area contributed by atoms with E-state index in [9.17, 15) is 9.70 Å². The summed E-state index contributed by atoms with van der Waals surface area (Å²) in [6.45, 7) is 0.272. The molecule has 3 rings (SSSR count). The van der Waals surface area contributed by atoms with Crippen molar-refractivity contribution in [3.05, 3.63) is 59.5 Å². The number of para-hydroxylation sites is 3. The van der Waals surface area contributed by atoms with Gasteiger partial charge in [0.1, 0.15) is 6.73 Å². The molecule has 6 nitrogen and oxygen atoms in total. The van der Waals surface area contributed by atoms with Crippen LogP contribution in [0.25, 0.3) is 0 Å². The number of hydrogen-bond acceptors (Lipinski definition) is 5. The van der Waals surface area contributed by atoms with Crippen molar-refractivity contribution in [3.63, 3.8) is 0 Å². The predicted octanol–water partition coefficient (Wildman–Crippen LogP) is 2.91. The molecule has 1 atom stereocenters. The molecule has 0 bridgehead atoms. The van der Waals surface area contributed by atoms with Gasteiger partial charge in [0.05, 0.1) is 17.9 Å². The zero-order chi connectivity index (χ0) is 16.2. The van der Waals surface area contributed by atoms with E-state index in [1.807, 2.05) is 59.5 Å². The molecule has 1 aliphatic heterocycles. The zero-order valence-corrected chi connectivity index (χ0v) is 12.8. The SMILES string of the molecule is COCN1C(=O)C(N=O)CN(c2ccccc2)c2ccccc21. The summed E-state index contributed by atoms with van der Waals surface area (Å²) in [7, 11) is 1.51. The smallest absolute Gasteiger partial charge is 0.259 e. The van der Waals surface area contributed by atoms with Crippen LogP contribution in [0.4, 0.5) is 17.1 Å². The van der Waals surface area contributed by atoms with Gasteiger partial charge in [-0.15, -0.1) is 4.91 Å². The Balaban J connectivity index is 2.15. The van der Waals surface area contributed by atoms with E-state index >= 15 is 0 Å². The first-order valence-electron chi connectivity index (χ1n) is 7.30. The maximum absolute atomic E-state index is 12.6. The average molecular weight is 311 g/mol. The highest BCUT2D eigenvalue weighted by Crippen LogP contribution is 2.37. The molecule has 1 amide bonds. The van der Waals surface area contributed by atoms with Gasteiger partial charge in [-0.25, -0.2) is 0 Å². The lowest BCUT2D eigenvalue weighted by atomic mass is 10.2. The van der Waals surface area contributed by atoms with Crippen molar-refractivity contribution in [2.45, 2.75) is 6.04 Å². The van der Waals surface area contributed by atoms with Crippen molar-refractivity contribution < 1.29 is 9.53 Å². The van der Waals surface area contributed by atoms with Gasteiger partial charge in [0.15, 0.2) is 6.04 Å². The molecule has 23 heavy (non-hydrogen) atoms. The number of rotatable bonds is 4. The third-order valence-electron chi connectivity index (χ3n) is 3.82. The highest BCUT2D eigenvalue weighted by atomic mass is 16.5. The van der Waals surface area contributed by atoms with Gasteiger partial charge in [-0.3, -0.25) is 9.69 Å². The van der Waals surface area contributed by atoms with Crippen LogP contribution in [0, 0.1) is 4.91 Å². The van der Waals surface area contributed by atoms with Crippen molar-refractivity contribution >= 4 is 23.0 Å². The molecule has 2 aromatic carbocycles. The second-order valence-electron chi connectivity index (χ2n) is 5.24. The Kier molecular flexibility index (Phi) is 4.34. The van der Waals surface area contributed by atoms with Gasteiger partial charge in [-0.05, 0) is 24.3 Å². The molecule has 0 spiro atoms. The number of nitrogens with zero attached hydrogens (tertiary/aromatic N) is 3. The van der Waals surface area contributed by atoms with E-state index < -0.39 is 6.04 Å². The van der Waals surface area contributed by atoms with E-state index in [0.29, 0.717) is 5.69 Å². The van der Waals surface area contributed by atoms with Crippen molar-refractivity contribution in [2.24, 2.45) is 5.18 Å². The Hall–Kier alpha value is -2.73. The second-order valence-corrected chi connectivity index (χ2v) is 5.24. The van der Waals surface area contributed by atoms with E-state index in [1.54, 1.807) is 0 Å². The van der Waals surface area contributed by atoms with Crippen molar-refractivity contribution in [1.29, 1.82) is 0 Å². The van der Waals surface area contributed by atoms with E-state index in [0.717, 1.165) is 11.4 Å². The van der Waals surface area contributed by atoms with Crippen LogP contribution in [0.1, 0.15) is 0 Å². The predicted molar refractivity (Wildman–Crippen MR) is 88.8 cm³/mol. The van der Waals surface area contributed by atoms with E-state index in [1.165, 1.54) is 12.0 Å². The fourth-order valence-electron chi connectivity index (χ4n) is 2.76. The van der Waals surface area contributed by atoms with Gasteiger partial charge in [0, 0.05) is 12.8 Å². The van der Waals surface area contributed by atoms with Crippen LogP contribution in [0.3, 0.4) is 0 Å². The second kappa shape index (κ2) is 6.58. The highest BCUT2D eigenvalue weighted by molar-refractivity contribution is 6.02. The van der Waals surface area contributed by atoms with Crippen LogP contribution in [-0.4, -0.2) is 32.3 Å². The van der Waals surface area contributed by atoms with Gasteiger partial charge >= 0.3 is 0 Å². The third kappa shape index (κ3) is 2.80. The van der Waals surface area contributed by atoms with Crippen LogP contribution in [0.2, 0.25) is 0 Å². The molecular weight excluding hydrogens is 294 g/mol. The third-order valence-corrected chi connectivity index (χ3v) is 3.82. The van der Waals surface area contributed by atoms with Gasteiger partial charge in [0.2, 0.25) is 0 Å². The van der Waals surface area contributed by atoms with Gasteiger partial charge < -0.3 is 9.64 Å². The normalized spacial score (nSPS) is 17.6. The van der Waals surface area contributed by atoms with Crippen molar-refractivity contribution in [3.8, 4) is 0 Å². The molecule has 118 valence electrons. The molecule has 1 unspecified atom stereocenters. The van der Waals surface area contributed by atoms with Crippen LogP contribution >= 0.6 is 0 Å². The Labute approximate surface area is 134 Å². The van der Waals surface area contributed by atoms with Gasteiger partial charge in [0.25, 0.3) is 5.91 Å². The minimum Gasteiger partial charge on any atom is -0.364 e. The summed E-state index contributed by atoms with van der Waals surface area (Å²) in [5.41, 5.74) is 2.45. The van der Waals surface area contributed by atoms with E-state index in [-0.39, 0.29) is 19.2 Å². The number of anilines is 3. The van der Waals surface area contributed by atoms with Crippen molar-refractivity contribution in [1.82, 2.24) is 0 Å². The van der Waals surface area contributed by atoms with Crippen LogP contribution < -0.4 is 9.80 Å². The molecule has 0 saturated heterocycles. The lowest BCUT2D eigenvalue weighted by Crippen LogP contribution is -2.41. The standard InChI is InChI=1S/C17H17N3O3/c1-23-12-20-16-10-6-5-9-15(16)19(11-14(18-22)17(20)21)13-7-3-2-4-8-13/h2-10,14H,11-12H2,1H3. The first-order chi connectivity index (χ1) is 11.3. The maximum atomic E-state index is 12.6. The van der Waals surface area contributed by atoms with Crippen LogP contribution in [0.5, 0.6) is 0 Å². The number of carbonyl (C=O) groups excluding carboxylic acids is 1. The lowest BCUT2D eigenvalue weighted by Gasteiger charge is -2.26. The fourth-order valence-corrected chi connectivity index (χ4v) is 2.76. The number of ether oxygens (including phenoxy) is 1. The van der Waals surface area contributed by atoms with Crippen LogP contribution in [0.15, 0.2) is 59.8 Å². The number of nitroso groups, excluding NO2 is 1. The number of hydrogen-bond donors (Lipinski definition) is 0. The summed E-state index contributed by atoms with van der Waals surface area (Å²) in [4.78, 5) is 27.3. The fraction of sp³-hybridized carbons (Fsp3) is 0.235. The molecule has 0 aromatic heterocycles. The van der Waals surface area contributed by atoms with Crippen molar-refractivity contribution in [2.75, 3.05) is 30.2 Å². The number of benzene rings is 2. The van der Waals surface area contributed by atoms with Gasteiger partial charge in [-0.2, -0.15) is 0 Å². The molecule has 6 heteroatoms. The molecule has 0 radical (unpaired) electrons. The quantitative estimate of drug-likeness (QED) is 0.815.